The highest BCUT2D eigenvalue weighted by molar-refractivity contribution is 5.80. The Morgan fingerprint density at radius 1 is 0.333 bits per heavy atom. The average molecular weight is 1450 g/mol. The van der Waals surface area contributed by atoms with Gasteiger partial charge in [-0.3, -0.25) is 9.59 Å². The van der Waals surface area contributed by atoms with Crippen LogP contribution in [-0.4, -0.2) is 48.4 Å². The van der Waals surface area contributed by atoms with E-state index in [-0.39, 0.29) is 90.8 Å². The van der Waals surface area contributed by atoms with Crippen molar-refractivity contribution < 1.29 is 57.9 Å². The van der Waals surface area contributed by atoms with Gasteiger partial charge in [0, 0.05) is 43.4 Å². The van der Waals surface area contributed by atoms with Crippen LogP contribution in [0.3, 0.4) is 0 Å². The molecule has 1 rings (SSSR count). The third-order valence-electron chi connectivity index (χ3n) is 17.9. The van der Waals surface area contributed by atoms with Crippen molar-refractivity contribution in [3.63, 3.8) is 0 Å². The van der Waals surface area contributed by atoms with Gasteiger partial charge in [-0.25, -0.2) is 22.0 Å². The number of alkyl halides is 11. The topological polar surface area (TPSA) is 34.1 Å². The fourth-order valence-corrected chi connectivity index (χ4v) is 10.1. The second kappa shape index (κ2) is 59.7. The van der Waals surface area contributed by atoms with Gasteiger partial charge in [-0.2, -0.15) is 26.3 Å². The zero-order valence-electron chi connectivity index (χ0n) is 73.4. The van der Waals surface area contributed by atoms with Crippen LogP contribution in [-0.2, 0) is 9.59 Å². The first-order chi connectivity index (χ1) is 44.0. The lowest BCUT2D eigenvalue weighted by Crippen LogP contribution is -2.28. The van der Waals surface area contributed by atoms with Gasteiger partial charge in [-0.05, 0) is 150 Å². The van der Waals surface area contributed by atoms with Crippen LogP contribution in [0.25, 0.3) is 0 Å². The summed E-state index contributed by atoms with van der Waals surface area (Å²) in [7, 11) is 0. The van der Waals surface area contributed by atoms with Gasteiger partial charge in [0.1, 0.15) is 30.1 Å². The molecule has 0 N–H and O–H groups in total. The fraction of sp³-hybridized carbons (Fsp3) is 0.977. The lowest BCUT2D eigenvalue weighted by molar-refractivity contribution is -0.190. The van der Waals surface area contributed by atoms with Crippen molar-refractivity contribution in [2.75, 3.05) is 0 Å². The zero-order chi connectivity index (χ0) is 81.6. The van der Waals surface area contributed by atoms with E-state index < -0.39 is 54.5 Å². The molecule has 0 spiro atoms. The Labute approximate surface area is 612 Å². The van der Waals surface area contributed by atoms with Crippen LogP contribution in [0.4, 0.5) is 48.3 Å². The van der Waals surface area contributed by atoms with Gasteiger partial charge >= 0.3 is 12.4 Å². The van der Waals surface area contributed by atoms with E-state index >= 15 is 0 Å². The normalized spacial score (nSPS) is 14.5. The van der Waals surface area contributed by atoms with Crippen LogP contribution >= 0.6 is 0 Å². The molecule has 1 fully saturated rings. The number of rotatable bonds is 30. The van der Waals surface area contributed by atoms with Crippen molar-refractivity contribution in [3.8, 4) is 0 Å². The quantitative estimate of drug-likeness (QED) is 0.0672. The Morgan fingerprint density at radius 2 is 0.616 bits per heavy atom. The summed E-state index contributed by atoms with van der Waals surface area (Å²) >= 11 is 0. The van der Waals surface area contributed by atoms with Gasteiger partial charge < -0.3 is 0 Å². The van der Waals surface area contributed by atoms with Gasteiger partial charge in [0.15, 0.2) is 0 Å². The van der Waals surface area contributed by atoms with Gasteiger partial charge in [-0.1, -0.05) is 304 Å². The standard InChI is InChI=1S/C10H20.C10H22.2C9H17F3.C9H18F2.C8H16F2.2C8H16O.C8H18.C7H15F/c1-8(2)7-10(5-6-10)9(3)4;1-8(2)7-10(5,6)9(3)4;2*1-6(2)5-8(7(3)4)9(10,11)12;1-6(2)8(10)5-9(11)7(3)4;1-6(2)5-8(9,10)7(3)4;2*1-6(2)5-8(9)7(3)4;1-7(2)5-6-8(3)4;1-5(2)7(8)6(3)4/h8-9H,5-7H2,1-4H3;8-9H,7H2,1-6H3;2*6-8H,5H2,1-4H3;6-9H,5H2,1-4H3;6-7H,5H2,1-4H3;2*6-7H,5H2,1-4H3;7-8H,5-6H2,1-4H3;5-7H,1-4H3. The first-order valence-corrected chi connectivity index (χ1v) is 39.5. The Balaban J connectivity index is -0.000000130. The molecule has 0 heterocycles. The average Bonchev–Trinajstić information content (AvgIpc) is 1.65. The van der Waals surface area contributed by atoms with Crippen LogP contribution in [0, 0.1) is 141 Å². The van der Waals surface area contributed by atoms with Crippen LogP contribution < -0.4 is 0 Å². The highest BCUT2D eigenvalue weighted by atomic mass is 19.4. The number of carbonyl (C=O) groups excluding carboxylic acids is 2. The van der Waals surface area contributed by atoms with Crippen molar-refractivity contribution in [1.29, 1.82) is 0 Å². The molecule has 0 aromatic rings. The van der Waals surface area contributed by atoms with Crippen molar-refractivity contribution >= 4 is 11.6 Å². The lowest BCUT2D eigenvalue weighted by atomic mass is 9.75. The summed E-state index contributed by atoms with van der Waals surface area (Å²) < 4.78 is 138. The van der Waals surface area contributed by atoms with E-state index in [4.69, 9.17) is 0 Å². The molecule has 0 aromatic heterocycles. The van der Waals surface area contributed by atoms with E-state index in [1.54, 1.807) is 69.2 Å². The van der Waals surface area contributed by atoms with Crippen LogP contribution in [0.2, 0.25) is 0 Å². The first-order valence-electron chi connectivity index (χ1n) is 39.5. The van der Waals surface area contributed by atoms with Crippen molar-refractivity contribution in [2.45, 2.75) is 405 Å². The van der Waals surface area contributed by atoms with Gasteiger partial charge in [0.05, 0.1) is 11.8 Å². The van der Waals surface area contributed by atoms with Crippen molar-refractivity contribution in [2.24, 2.45) is 141 Å². The number of Topliss-reactive ketones (excluding diaryl/α,β-unsaturated/α-hetero) is 2. The third kappa shape index (κ3) is 77.5. The van der Waals surface area contributed by atoms with Gasteiger partial charge in [0.2, 0.25) is 0 Å². The minimum atomic E-state index is -4.03. The van der Waals surface area contributed by atoms with Crippen LogP contribution in [0.15, 0.2) is 0 Å². The van der Waals surface area contributed by atoms with Gasteiger partial charge in [-0.15, -0.1) is 0 Å². The van der Waals surface area contributed by atoms with E-state index in [0.717, 1.165) is 53.8 Å². The second-order valence-electron chi connectivity index (χ2n) is 37.4. The van der Waals surface area contributed by atoms with Crippen LogP contribution in [0.1, 0.15) is 368 Å². The van der Waals surface area contributed by atoms with Crippen LogP contribution in [0.5, 0.6) is 0 Å². The largest absolute Gasteiger partial charge is 0.392 e. The maximum atomic E-state index is 12.9. The Morgan fingerprint density at radius 3 is 0.697 bits per heavy atom. The van der Waals surface area contributed by atoms with Crippen molar-refractivity contribution in [3.05, 3.63) is 0 Å². The number of carbonyl (C=O) groups is 2. The zero-order valence-corrected chi connectivity index (χ0v) is 73.4. The smallest absolute Gasteiger partial charge is 0.299 e. The molecule has 0 bridgehead atoms. The molecule has 0 aromatic carbocycles. The molecule has 1 saturated carbocycles. The molecule has 1 aliphatic rings. The summed E-state index contributed by atoms with van der Waals surface area (Å²) in [5.74, 6) is 2.04. The molecule has 608 valence electrons. The van der Waals surface area contributed by atoms with E-state index in [1.807, 2.05) is 96.9 Å². The number of hydrogen-bond donors (Lipinski definition) is 0. The summed E-state index contributed by atoms with van der Waals surface area (Å²) in [5.41, 5.74) is 1.29. The molecular formula is C86H175F11O2. The number of halogens is 11. The maximum Gasteiger partial charge on any atom is 0.392 e. The van der Waals surface area contributed by atoms with Crippen molar-refractivity contribution in [1.82, 2.24) is 0 Å². The number of hydrogen-bond acceptors (Lipinski definition) is 2. The highest BCUT2D eigenvalue weighted by Gasteiger charge is 2.45. The molecule has 13 heteroatoms. The predicted octanol–water partition coefficient (Wildman–Crippen LogP) is 31.8. The monoisotopic (exact) mass is 1450 g/mol. The fourth-order valence-electron chi connectivity index (χ4n) is 10.1. The summed E-state index contributed by atoms with van der Waals surface area (Å²) in [4.78, 5) is 21.9. The predicted molar refractivity (Wildman–Crippen MR) is 417 cm³/mol. The second-order valence-corrected chi connectivity index (χ2v) is 37.4. The third-order valence-corrected chi connectivity index (χ3v) is 17.9. The van der Waals surface area contributed by atoms with E-state index in [0.29, 0.717) is 28.8 Å². The molecular weight excluding hydrogens is 1270 g/mol. The molecule has 1 aliphatic carbocycles. The Kier molecular flexibility index (Phi) is 69.9. The number of ketones is 2. The SMILES string of the molecule is CC(C)C(F)C(C)C.CC(C)C(F)CC(F)C(C)C.CC(C)CC(=O)C(C)C.CC(C)CC(=O)C(C)C.CC(C)CC(C(C)C)C(F)(F)F.CC(C)CC(C(C)C)C(F)(F)F.CC(C)CC(C)(C)C(C)C.CC(C)CC(F)(F)C(C)C.CC(C)CC1(C(C)C)CC1.CC(C)CCC(C)C. The summed E-state index contributed by atoms with van der Waals surface area (Å²) in [6.07, 6.45) is -0.139. The Hall–Kier alpha value is -1.43. The Bertz CT molecular complexity index is 1660. The molecule has 99 heavy (non-hydrogen) atoms. The molecule has 0 amide bonds. The summed E-state index contributed by atoms with van der Waals surface area (Å²) in [6, 6.07) is 0. The lowest BCUT2D eigenvalue weighted by Gasteiger charge is -2.30. The molecule has 0 aliphatic heterocycles. The summed E-state index contributed by atoms with van der Waals surface area (Å²) in [5, 5.41) is 0. The molecule has 4 atom stereocenters. The maximum absolute atomic E-state index is 12.9. The highest BCUT2D eigenvalue weighted by Crippen LogP contribution is 2.56. The molecule has 2 nitrogen and oxygen atoms in total. The summed E-state index contributed by atoms with van der Waals surface area (Å²) in [6.45, 7) is 83.8. The van der Waals surface area contributed by atoms with E-state index in [2.05, 4.69) is 125 Å². The minimum Gasteiger partial charge on any atom is -0.299 e. The van der Waals surface area contributed by atoms with E-state index in [1.165, 1.54) is 38.5 Å². The minimum absolute atomic E-state index is 0.00463. The first kappa shape index (κ1) is 116. The molecule has 4 unspecified atom stereocenters. The van der Waals surface area contributed by atoms with Gasteiger partial charge in [0.25, 0.3) is 5.92 Å². The van der Waals surface area contributed by atoms with E-state index in [9.17, 15) is 57.9 Å². The molecule has 0 radical (unpaired) electrons. The molecule has 0 saturated heterocycles.